The summed E-state index contributed by atoms with van der Waals surface area (Å²) in [6.07, 6.45) is -1.86. The van der Waals surface area contributed by atoms with E-state index in [9.17, 15) is 5.48 Å². The molecular formula is C70H60BN5OPt-2. The molecule has 1 aliphatic rings. The molecule has 386 valence electrons. The van der Waals surface area contributed by atoms with Crippen molar-refractivity contribution in [2.75, 3.05) is 9.62 Å². The Hall–Kier alpha value is -8.25. The molecule has 0 N–H and O–H groups in total. The van der Waals surface area contributed by atoms with Gasteiger partial charge in [-0.3, -0.25) is 0 Å². The molecule has 0 bridgehead atoms. The number of hydrogen-bond donors (Lipinski definition) is 0. The number of rotatable bonds is 12. The minimum atomic E-state index is -2.71. The number of fused-ring (bicyclic) bond motifs is 2. The summed E-state index contributed by atoms with van der Waals surface area (Å²) in [6, 6.07) is 61.5. The van der Waals surface area contributed by atoms with E-state index in [1.54, 1.807) is 36.4 Å². The Bertz CT molecular complexity index is 4670. The number of benzene rings is 9. The molecule has 11 aromatic rings. The van der Waals surface area contributed by atoms with Gasteiger partial charge in [-0.15, -0.1) is 6.07 Å². The fraction of sp³-hybridized carbons (Fsp3) is 0.143. The molecule has 0 fully saturated rings. The summed E-state index contributed by atoms with van der Waals surface area (Å²) >= 11 is 2.17. The van der Waals surface area contributed by atoms with Gasteiger partial charge in [-0.25, -0.2) is 0 Å². The Morgan fingerprint density at radius 1 is 0.667 bits per heavy atom. The van der Waals surface area contributed by atoms with Crippen LogP contribution in [0.1, 0.15) is 74.7 Å². The van der Waals surface area contributed by atoms with Gasteiger partial charge >= 0.3 is 406 Å². The number of ether oxygens (including phenoxy) is 1. The van der Waals surface area contributed by atoms with Gasteiger partial charge in [0.2, 0.25) is 0 Å². The SMILES string of the molecule is [2H]c1c([2H])c([2H])c(-c2cc(C([2H])([2H])[2H])cc(-c3ccc(C(C)(C)C)cc3)c2-n2[c](=[Pt])n(-c3[c-]c(Oc4cc(C([2H])([2H])[2H])cc(N5B(c6ccccc6)N(c6ccccc6)c6ccc[c-]c65)n4)c(-c4ccccc4C([2H])([2H])C(C)C)cc3)c3ccccc32)c([2H])c1[2H]. The molecule has 0 spiro atoms. The predicted octanol–water partition coefficient (Wildman–Crippen LogP) is 17.1. The Kier molecular flexibility index (Phi) is 10.1. The van der Waals surface area contributed by atoms with Crippen molar-refractivity contribution < 1.29 is 41.9 Å². The molecule has 0 aliphatic carbocycles. The topological polar surface area (TPSA) is 38.5 Å². The molecule has 0 unspecified atom stereocenters. The molecule has 9 aromatic carbocycles. The first-order valence-electron chi connectivity index (χ1n) is 32.3. The van der Waals surface area contributed by atoms with Crippen molar-refractivity contribution >= 4 is 46.4 Å². The van der Waals surface area contributed by atoms with Crippen LogP contribution in [0.25, 0.3) is 55.8 Å². The maximum absolute atomic E-state index is 9.47. The Balaban J connectivity index is 1.13. The molecular weight excluding hydrogens is 1130 g/mol. The van der Waals surface area contributed by atoms with Crippen LogP contribution in [0.15, 0.2) is 218 Å². The number of para-hydroxylation sites is 4. The monoisotopic (exact) mass is 1210 g/mol. The quantitative estimate of drug-likeness (QED) is 0.0903. The van der Waals surface area contributed by atoms with Crippen LogP contribution in [0.3, 0.4) is 0 Å². The summed E-state index contributed by atoms with van der Waals surface area (Å²) in [5, 5.41) is 0. The van der Waals surface area contributed by atoms with E-state index in [4.69, 9.17) is 22.1 Å². The van der Waals surface area contributed by atoms with Gasteiger partial charge in [0.15, 0.2) is 0 Å². The number of anilines is 4. The van der Waals surface area contributed by atoms with Crippen molar-refractivity contribution in [3.05, 3.63) is 256 Å². The normalized spacial score (nSPS) is 15.4. The zero-order valence-corrected chi connectivity index (χ0v) is 45.8. The molecule has 12 rings (SSSR count). The molecule has 3 heterocycles. The molecule has 8 heteroatoms. The Morgan fingerprint density at radius 3 is 2.05 bits per heavy atom. The molecule has 0 saturated carbocycles. The second-order valence-corrected chi connectivity index (χ2v) is 21.5. The van der Waals surface area contributed by atoms with Crippen molar-refractivity contribution in [1.82, 2.24) is 14.1 Å². The average molecular weight is 1210 g/mol. The number of nitrogens with zero attached hydrogens (tertiary/aromatic N) is 5. The number of aryl methyl sites for hydroxylation is 2. The van der Waals surface area contributed by atoms with Gasteiger partial charge < -0.3 is 0 Å². The van der Waals surface area contributed by atoms with E-state index in [1.165, 1.54) is 12.1 Å². The van der Waals surface area contributed by atoms with Gasteiger partial charge in [0.1, 0.15) is 0 Å². The van der Waals surface area contributed by atoms with Gasteiger partial charge in [-0.05, 0) is 12.1 Å². The zero-order chi connectivity index (χ0) is 64.8. The third-order valence-corrected chi connectivity index (χ3v) is 14.9. The van der Waals surface area contributed by atoms with Crippen LogP contribution in [-0.4, -0.2) is 21.1 Å². The van der Waals surface area contributed by atoms with Crippen molar-refractivity contribution in [3.63, 3.8) is 0 Å². The Morgan fingerprint density at radius 2 is 1.33 bits per heavy atom. The molecule has 6 nitrogen and oxygen atoms in total. The minimum absolute atomic E-state index is 0.0615. The third-order valence-electron chi connectivity index (χ3n) is 13.8. The molecule has 78 heavy (non-hydrogen) atoms. The van der Waals surface area contributed by atoms with Crippen molar-refractivity contribution in [2.24, 2.45) is 5.92 Å². The fourth-order valence-corrected chi connectivity index (χ4v) is 11.5. The van der Waals surface area contributed by atoms with E-state index < -0.39 is 63.2 Å². The fourth-order valence-electron chi connectivity index (χ4n) is 10.4. The van der Waals surface area contributed by atoms with Crippen LogP contribution in [0, 0.1) is 35.6 Å². The Labute approximate surface area is 488 Å². The summed E-state index contributed by atoms with van der Waals surface area (Å²) in [5.74, 6) is -0.275. The first-order chi connectivity index (χ1) is 43.1. The summed E-state index contributed by atoms with van der Waals surface area (Å²) in [7, 11) is 0. The standard InChI is InChI=1S/C70H60BN5O.Pt/c1-48(2)41-53-25-17-18-30-58(53)59-40-39-57(46-66(59)77-68-45-50(4)44-67(72-68)76-65-34-22-21-33-64(65)75(56-28-15-10-16-29-56)71(76)55-26-13-9-14-27-55)73-47-74(63-32-20-19-31-62(63)73)69-60(51-23-11-8-12-24-51)42-49(3)43-61(69)52-35-37-54(38-36-52)70(5,6)7;/h8-33,35-40,42-45,48H,41H2,1-7H3;/q-2;/i3D3,4D3,8D,11D,12D,23D,24D,41D2;. The number of hydrogen-bond acceptors (Lipinski definition) is 4. The first kappa shape index (κ1) is 37.5. The van der Waals surface area contributed by atoms with Crippen molar-refractivity contribution in [2.45, 2.75) is 60.1 Å². The molecule has 1 aliphatic heterocycles. The van der Waals surface area contributed by atoms with Crippen LogP contribution in [0.2, 0.25) is 0 Å². The average Bonchev–Trinajstić information content (AvgIpc) is 1.67. The van der Waals surface area contributed by atoms with Gasteiger partial charge in [0.25, 0.3) is 0 Å². The summed E-state index contributed by atoms with van der Waals surface area (Å²) in [5.41, 5.74) is 7.79. The van der Waals surface area contributed by atoms with E-state index in [2.05, 4.69) is 57.1 Å². The van der Waals surface area contributed by atoms with Crippen molar-refractivity contribution in [3.8, 4) is 56.4 Å². The molecule has 0 atom stereocenters. The molecule has 0 radical (unpaired) electrons. The van der Waals surface area contributed by atoms with Crippen LogP contribution < -0.4 is 19.8 Å². The predicted molar refractivity (Wildman–Crippen MR) is 320 cm³/mol. The zero-order valence-electron chi connectivity index (χ0n) is 56.5. The number of imidazole rings is 1. The summed E-state index contributed by atoms with van der Waals surface area (Å²) in [4.78, 5) is 9.34. The van der Waals surface area contributed by atoms with E-state index in [-0.39, 0.29) is 45.1 Å². The van der Waals surface area contributed by atoms with Gasteiger partial charge in [-0.2, -0.15) is 12.1 Å². The number of aromatic nitrogens is 3. The van der Waals surface area contributed by atoms with Crippen molar-refractivity contribution in [1.29, 1.82) is 0 Å². The third kappa shape index (κ3) is 9.56. The van der Waals surface area contributed by atoms with E-state index in [1.807, 2.05) is 167 Å². The van der Waals surface area contributed by atoms with Crippen LogP contribution >= 0.6 is 0 Å². The second-order valence-electron chi connectivity index (χ2n) is 20.5. The van der Waals surface area contributed by atoms with E-state index in [0.29, 0.717) is 59.7 Å². The maximum atomic E-state index is 9.47. The second kappa shape index (κ2) is 20.9. The number of pyridine rings is 1. The summed E-state index contributed by atoms with van der Waals surface area (Å²) in [6.45, 7) is 3.90. The van der Waals surface area contributed by atoms with E-state index >= 15 is 0 Å². The molecule has 2 aromatic heterocycles. The van der Waals surface area contributed by atoms with Gasteiger partial charge in [-0.1, -0.05) is 48.5 Å². The molecule has 0 amide bonds. The van der Waals surface area contributed by atoms with Gasteiger partial charge in [0, 0.05) is 5.69 Å². The first-order valence-corrected chi connectivity index (χ1v) is 26.9. The molecule has 0 saturated heterocycles. The van der Waals surface area contributed by atoms with Crippen LogP contribution in [-0.2, 0) is 31.1 Å². The van der Waals surface area contributed by atoms with Crippen LogP contribution in [0.4, 0.5) is 22.9 Å². The van der Waals surface area contributed by atoms with Gasteiger partial charge in [0.05, 0.1) is 0 Å². The van der Waals surface area contributed by atoms with E-state index in [0.717, 1.165) is 22.4 Å². The van der Waals surface area contributed by atoms with Crippen LogP contribution in [0.5, 0.6) is 11.6 Å². The summed E-state index contributed by atoms with van der Waals surface area (Å²) < 4.78 is 129.